The number of aromatic nitrogens is 2. The fourth-order valence-electron chi connectivity index (χ4n) is 4.35. The first kappa shape index (κ1) is 24.7. The van der Waals surface area contributed by atoms with Crippen LogP contribution in [0.25, 0.3) is 10.9 Å². The van der Waals surface area contributed by atoms with Gasteiger partial charge in [0.15, 0.2) is 0 Å². The molecule has 0 radical (unpaired) electrons. The largest absolute Gasteiger partial charge is 0.398 e. The number of nitrogens with two attached hydrogens (primary N) is 1. The van der Waals surface area contributed by atoms with Gasteiger partial charge in [0.1, 0.15) is 11.6 Å². The number of rotatable bonds is 5. The van der Waals surface area contributed by atoms with Gasteiger partial charge >= 0.3 is 0 Å². The Morgan fingerprint density at radius 1 is 0.973 bits per heavy atom. The molecule has 1 amide bonds. The van der Waals surface area contributed by atoms with Crippen LogP contribution in [0.4, 0.5) is 20.2 Å². The number of hydrogen-bond acceptors (Lipinski definition) is 7. The monoisotopic (exact) mass is 526 g/mol. The second kappa shape index (κ2) is 9.45. The van der Waals surface area contributed by atoms with Gasteiger partial charge in [-0.05, 0) is 49.5 Å². The Balaban J connectivity index is 1.44. The molecule has 37 heavy (non-hydrogen) atoms. The van der Waals surface area contributed by atoms with E-state index in [1.807, 2.05) is 13.1 Å². The lowest BCUT2D eigenvalue weighted by molar-refractivity contribution is 0.101. The van der Waals surface area contributed by atoms with Crippen LogP contribution in [0.2, 0.25) is 0 Å². The highest BCUT2D eigenvalue weighted by molar-refractivity contribution is 7.91. The predicted molar refractivity (Wildman–Crippen MR) is 136 cm³/mol. The maximum atomic E-state index is 13.6. The van der Waals surface area contributed by atoms with E-state index < -0.39 is 32.3 Å². The molecule has 3 aromatic carbocycles. The zero-order valence-corrected chi connectivity index (χ0v) is 20.7. The minimum Gasteiger partial charge on any atom is -0.398 e. The maximum absolute atomic E-state index is 13.6. The average molecular weight is 527 g/mol. The zero-order valence-electron chi connectivity index (χ0n) is 19.9. The quantitative estimate of drug-likeness (QED) is 0.385. The fraction of sp³-hybridized carbons (Fsp3) is 0.200. The van der Waals surface area contributed by atoms with Crippen LogP contribution in [0.3, 0.4) is 0 Å². The molecule has 1 aliphatic rings. The molecule has 0 unspecified atom stereocenters. The summed E-state index contributed by atoms with van der Waals surface area (Å²) in [5.74, 6) is -2.46. The fourth-order valence-corrected chi connectivity index (χ4v) is 5.69. The van der Waals surface area contributed by atoms with Crippen LogP contribution < -0.4 is 16.1 Å². The molecule has 0 aliphatic carbocycles. The number of halogens is 2. The zero-order chi connectivity index (χ0) is 26.3. The lowest BCUT2D eigenvalue weighted by Crippen LogP contribution is -2.45. The van der Waals surface area contributed by atoms with Gasteiger partial charge in [-0.3, -0.25) is 4.79 Å². The molecule has 1 aromatic heterocycles. The molecule has 5 rings (SSSR count). The Hall–Kier alpha value is -4.03. The van der Waals surface area contributed by atoms with E-state index in [1.165, 1.54) is 29.2 Å². The van der Waals surface area contributed by atoms with Gasteiger partial charge in [0.05, 0.1) is 32.8 Å². The van der Waals surface area contributed by atoms with Crippen molar-refractivity contribution in [2.75, 3.05) is 49.3 Å². The van der Waals surface area contributed by atoms with Gasteiger partial charge in [0.25, 0.3) is 5.91 Å². The van der Waals surface area contributed by atoms with Crippen molar-refractivity contribution in [1.29, 1.82) is 0 Å². The Bertz CT molecular complexity index is 1590. The van der Waals surface area contributed by atoms with E-state index in [4.69, 9.17) is 5.73 Å². The second-order valence-corrected chi connectivity index (χ2v) is 10.8. The summed E-state index contributed by atoms with van der Waals surface area (Å²) in [5.41, 5.74) is 10.7. The topological polar surface area (TPSA) is 114 Å². The average Bonchev–Trinajstić information content (AvgIpc) is 3.25. The molecule has 0 atom stereocenters. The van der Waals surface area contributed by atoms with Gasteiger partial charge < -0.3 is 15.5 Å². The third-order valence-corrected chi connectivity index (χ3v) is 8.08. The Morgan fingerprint density at radius 2 is 1.68 bits per heavy atom. The number of anilines is 2. The number of hydrogen-bond donors (Lipinski definition) is 2. The van der Waals surface area contributed by atoms with Crippen molar-refractivity contribution < 1.29 is 22.0 Å². The van der Waals surface area contributed by atoms with E-state index in [0.29, 0.717) is 28.2 Å². The van der Waals surface area contributed by atoms with Gasteiger partial charge in [0.2, 0.25) is 9.84 Å². The summed E-state index contributed by atoms with van der Waals surface area (Å²) in [4.78, 5) is 18.2. The van der Waals surface area contributed by atoms with Crippen LogP contribution in [0.1, 0.15) is 10.4 Å². The predicted octanol–water partition coefficient (Wildman–Crippen LogP) is 2.87. The van der Waals surface area contributed by atoms with E-state index >= 15 is 0 Å². The lowest BCUT2D eigenvalue weighted by atomic mass is 10.1. The van der Waals surface area contributed by atoms with Gasteiger partial charge in [-0.1, -0.05) is 6.07 Å². The lowest BCUT2D eigenvalue weighted by Gasteiger charge is -2.35. The molecule has 4 aromatic rings. The molecule has 1 saturated heterocycles. The highest BCUT2D eigenvalue weighted by Crippen LogP contribution is 2.28. The van der Waals surface area contributed by atoms with Crippen molar-refractivity contribution >= 4 is 38.0 Å². The number of nitrogens with zero attached hydrogens (tertiary/aromatic N) is 4. The normalized spacial score (nSPS) is 14.7. The summed E-state index contributed by atoms with van der Waals surface area (Å²) in [5, 5.41) is 4.58. The number of fused-ring (bicyclic) bond motifs is 1. The third-order valence-electron chi connectivity index (χ3n) is 6.35. The molecule has 0 spiro atoms. The summed E-state index contributed by atoms with van der Waals surface area (Å²) >= 11 is 0. The van der Waals surface area contributed by atoms with Crippen molar-refractivity contribution in [3.8, 4) is 0 Å². The van der Waals surface area contributed by atoms with Crippen LogP contribution in [-0.2, 0) is 9.84 Å². The summed E-state index contributed by atoms with van der Waals surface area (Å²) in [7, 11) is -2.15. The first-order valence-corrected chi connectivity index (χ1v) is 12.9. The Kier molecular flexibility index (Phi) is 6.30. The summed E-state index contributed by atoms with van der Waals surface area (Å²) in [6.45, 7) is 3.20. The van der Waals surface area contributed by atoms with Crippen molar-refractivity contribution in [2.24, 2.45) is 0 Å². The van der Waals surface area contributed by atoms with Crippen LogP contribution in [0.5, 0.6) is 0 Å². The number of nitrogen functional groups attached to an aromatic ring is 1. The van der Waals surface area contributed by atoms with Crippen LogP contribution in [0.15, 0.2) is 70.6 Å². The Morgan fingerprint density at radius 3 is 2.38 bits per heavy atom. The van der Waals surface area contributed by atoms with Crippen LogP contribution >= 0.6 is 0 Å². The van der Waals surface area contributed by atoms with Crippen molar-refractivity contribution in [2.45, 2.75) is 9.79 Å². The molecule has 1 fully saturated rings. The number of nitrogens with one attached hydrogen (secondary N) is 1. The maximum Gasteiger partial charge on any atom is 0.275 e. The number of likely N-dealkylation sites (N-methyl/N-ethyl adjacent to an activating group) is 1. The molecule has 9 nitrogen and oxygen atoms in total. The van der Waals surface area contributed by atoms with E-state index in [2.05, 4.69) is 20.3 Å². The van der Waals surface area contributed by atoms with E-state index in [9.17, 15) is 22.0 Å². The standard InChI is InChI=1S/C25H24F2N6O3S/c1-31-7-9-32(10-8-31)23-4-2-3-21(28)24(23)25(34)30-33-22-6-5-19(11-16(22)15-29-33)37(35,36)20-13-17(26)12-18(27)14-20/h2-6,11-15H,7-10,28H2,1H3,(H,30,34). The minimum absolute atomic E-state index is 0.166. The molecule has 0 bridgehead atoms. The molecular weight excluding hydrogens is 502 g/mol. The van der Waals surface area contributed by atoms with Crippen molar-refractivity contribution in [3.05, 3.63) is 78.0 Å². The summed E-state index contributed by atoms with van der Waals surface area (Å²) < 4.78 is 53.1. The number of piperazine rings is 1. The van der Waals surface area contributed by atoms with Crippen molar-refractivity contribution in [3.63, 3.8) is 0 Å². The van der Waals surface area contributed by atoms with Gasteiger partial charge in [-0.2, -0.15) is 9.89 Å². The third kappa shape index (κ3) is 4.72. The number of amides is 1. The Labute approximate surface area is 212 Å². The van der Waals surface area contributed by atoms with Gasteiger partial charge in [-0.25, -0.2) is 22.6 Å². The van der Waals surface area contributed by atoms with Crippen molar-refractivity contribution in [1.82, 2.24) is 14.8 Å². The van der Waals surface area contributed by atoms with Gasteiger partial charge in [0, 0.05) is 43.3 Å². The second-order valence-electron chi connectivity index (χ2n) is 8.86. The molecule has 0 saturated carbocycles. The molecule has 3 N–H and O–H groups in total. The first-order chi connectivity index (χ1) is 17.6. The molecule has 1 aliphatic heterocycles. The number of benzene rings is 3. The molecule has 2 heterocycles. The van der Waals surface area contributed by atoms with E-state index in [0.717, 1.165) is 44.0 Å². The number of sulfone groups is 1. The summed E-state index contributed by atoms with van der Waals surface area (Å²) in [6.07, 6.45) is 1.39. The SMILES string of the molecule is CN1CCN(c2cccc(N)c2C(=O)Nn2ncc3cc(S(=O)(=O)c4cc(F)cc(F)c4)ccc32)CC1. The van der Waals surface area contributed by atoms with Crippen LogP contribution in [-0.4, -0.2) is 62.3 Å². The van der Waals surface area contributed by atoms with E-state index in [-0.39, 0.29) is 4.90 Å². The highest BCUT2D eigenvalue weighted by Gasteiger charge is 2.24. The van der Waals surface area contributed by atoms with E-state index in [1.54, 1.807) is 12.1 Å². The van der Waals surface area contributed by atoms with Crippen LogP contribution in [0, 0.1) is 11.6 Å². The summed E-state index contributed by atoms with van der Waals surface area (Å²) in [6, 6.07) is 11.5. The number of carbonyl (C=O) groups excluding carboxylic acids is 1. The first-order valence-electron chi connectivity index (χ1n) is 11.5. The highest BCUT2D eigenvalue weighted by atomic mass is 32.2. The van der Waals surface area contributed by atoms with Gasteiger partial charge in [-0.15, -0.1) is 0 Å². The molecular formula is C25H24F2N6O3S. The molecule has 192 valence electrons. The minimum atomic E-state index is -4.19. The smallest absolute Gasteiger partial charge is 0.275 e. The number of carbonyl (C=O) groups is 1. The molecule has 12 heteroatoms.